The lowest BCUT2D eigenvalue weighted by Crippen LogP contribution is -2.12. The van der Waals surface area contributed by atoms with Gasteiger partial charge in [0, 0.05) is 0 Å². The van der Waals surface area contributed by atoms with E-state index < -0.39 is 11.6 Å². The Morgan fingerprint density at radius 3 is 2.05 bits per heavy atom. The smallest absolute Gasteiger partial charge is 0.165 e. The topological polar surface area (TPSA) is 20.2 Å². The molecule has 0 radical (unpaired) electrons. The molecule has 0 bridgehead atoms. The third kappa shape index (κ3) is 2.99. The number of phenolic OH excluding ortho intramolecular Hbond substituents is 1. The predicted octanol–water partition coefficient (Wildman–Crippen LogP) is 5.63. The minimum absolute atomic E-state index is 0.217. The SMILES string of the molecule is CC1CCC(c2ccc(-c3ccc(O)c(F)c3)cc2F)CC1. The second-order valence-corrected chi connectivity index (χ2v) is 6.36. The van der Waals surface area contributed by atoms with Crippen molar-refractivity contribution in [2.45, 2.75) is 38.5 Å². The largest absolute Gasteiger partial charge is 0.505 e. The van der Waals surface area contributed by atoms with Crippen molar-refractivity contribution in [2.24, 2.45) is 5.92 Å². The molecule has 2 aromatic carbocycles. The Bertz CT molecular complexity index is 673. The zero-order valence-corrected chi connectivity index (χ0v) is 12.7. The molecule has 1 nitrogen and oxygen atoms in total. The molecule has 1 aliphatic carbocycles. The molecule has 0 aromatic heterocycles. The van der Waals surface area contributed by atoms with Crippen molar-refractivity contribution in [2.75, 3.05) is 0 Å². The first-order valence-electron chi connectivity index (χ1n) is 7.83. The van der Waals surface area contributed by atoms with Gasteiger partial charge in [-0.25, -0.2) is 8.78 Å². The predicted molar refractivity (Wildman–Crippen MR) is 83.8 cm³/mol. The molecule has 1 aliphatic rings. The van der Waals surface area contributed by atoms with Crippen LogP contribution in [0.25, 0.3) is 11.1 Å². The third-order valence-electron chi connectivity index (χ3n) is 4.74. The van der Waals surface area contributed by atoms with Gasteiger partial charge in [-0.05, 0) is 59.6 Å². The van der Waals surface area contributed by atoms with E-state index in [0.717, 1.165) is 37.2 Å². The molecule has 1 saturated carbocycles. The zero-order chi connectivity index (χ0) is 15.7. The summed E-state index contributed by atoms with van der Waals surface area (Å²) in [7, 11) is 0. The summed E-state index contributed by atoms with van der Waals surface area (Å²) >= 11 is 0. The van der Waals surface area contributed by atoms with E-state index in [-0.39, 0.29) is 5.82 Å². The monoisotopic (exact) mass is 302 g/mol. The molecule has 0 saturated heterocycles. The second kappa shape index (κ2) is 6.07. The maximum atomic E-state index is 14.5. The van der Waals surface area contributed by atoms with E-state index in [0.29, 0.717) is 17.0 Å². The summed E-state index contributed by atoms with van der Waals surface area (Å²) in [6.45, 7) is 2.25. The van der Waals surface area contributed by atoms with Gasteiger partial charge in [0.05, 0.1) is 0 Å². The van der Waals surface area contributed by atoms with Crippen molar-refractivity contribution in [1.29, 1.82) is 0 Å². The van der Waals surface area contributed by atoms with E-state index in [1.54, 1.807) is 6.07 Å². The minimum atomic E-state index is -0.691. The van der Waals surface area contributed by atoms with Crippen molar-refractivity contribution in [3.05, 3.63) is 53.6 Å². The zero-order valence-electron chi connectivity index (χ0n) is 12.7. The molecule has 1 N–H and O–H groups in total. The van der Waals surface area contributed by atoms with Crippen molar-refractivity contribution >= 4 is 0 Å². The molecule has 0 spiro atoms. The summed E-state index contributed by atoms with van der Waals surface area (Å²) in [5, 5.41) is 9.23. The van der Waals surface area contributed by atoms with Crippen LogP contribution in [0.2, 0.25) is 0 Å². The molecular formula is C19H20F2O. The van der Waals surface area contributed by atoms with Crippen molar-refractivity contribution in [3.63, 3.8) is 0 Å². The van der Waals surface area contributed by atoms with Crippen LogP contribution in [0, 0.1) is 17.6 Å². The van der Waals surface area contributed by atoms with E-state index >= 15 is 0 Å². The summed E-state index contributed by atoms with van der Waals surface area (Å²) in [5.41, 5.74) is 1.97. The van der Waals surface area contributed by atoms with E-state index in [1.165, 1.54) is 18.2 Å². The van der Waals surface area contributed by atoms with Gasteiger partial charge in [-0.3, -0.25) is 0 Å². The summed E-state index contributed by atoms with van der Waals surface area (Å²) < 4.78 is 27.9. The Morgan fingerprint density at radius 2 is 1.45 bits per heavy atom. The molecular weight excluding hydrogens is 282 g/mol. The highest BCUT2D eigenvalue weighted by Gasteiger charge is 2.22. The lowest BCUT2D eigenvalue weighted by Gasteiger charge is -2.26. The van der Waals surface area contributed by atoms with Crippen LogP contribution in [0.4, 0.5) is 8.78 Å². The molecule has 2 aromatic rings. The van der Waals surface area contributed by atoms with Crippen LogP contribution in [-0.2, 0) is 0 Å². The molecule has 0 aliphatic heterocycles. The quantitative estimate of drug-likeness (QED) is 0.762. The number of hydrogen-bond acceptors (Lipinski definition) is 1. The summed E-state index contributed by atoms with van der Waals surface area (Å²) in [6.07, 6.45) is 4.36. The van der Waals surface area contributed by atoms with Gasteiger partial charge < -0.3 is 5.11 Å². The lowest BCUT2D eigenvalue weighted by atomic mass is 9.79. The van der Waals surface area contributed by atoms with Gasteiger partial charge in [0.2, 0.25) is 0 Å². The molecule has 0 atom stereocenters. The minimum Gasteiger partial charge on any atom is -0.505 e. The van der Waals surface area contributed by atoms with Crippen molar-refractivity contribution in [1.82, 2.24) is 0 Å². The van der Waals surface area contributed by atoms with Crippen LogP contribution in [0.15, 0.2) is 36.4 Å². The second-order valence-electron chi connectivity index (χ2n) is 6.36. The molecule has 0 heterocycles. The van der Waals surface area contributed by atoms with E-state index in [9.17, 15) is 13.9 Å². The van der Waals surface area contributed by atoms with Gasteiger partial charge in [0.25, 0.3) is 0 Å². The Hall–Kier alpha value is -1.90. The Labute approximate surface area is 129 Å². The maximum absolute atomic E-state index is 14.5. The fraction of sp³-hybridized carbons (Fsp3) is 0.368. The maximum Gasteiger partial charge on any atom is 0.165 e. The van der Waals surface area contributed by atoms with Gasteiger partial charge >= 0.3 is 0 Å². The summed E-state index contributed by atoms with van der Waals surface area (Å²) in [5.74, 6) is -0.272. The normalized spacial score (nSPS) is 21.8. The van der Waals surface area contributed by atoms with Crippen LogP contribution >= 0.6 is 0 Å². The van der Waals surface area contributed by atoms with Gasteiger partial charge in [-0.15, -0.1) is 0 Å². The molecule has 116 valence electrons. The number of aromatic hydroxyl groups is 1. The fourth-order valence-electron chi connectivity index (χ4n) is 3.30. The first-order chi connectivity index (χ1) is 10.5. The standard InChI is InChI=1S/C19H20F2O/c1-12-2-4-13(5-3-12)16-8-6-14(10-17(16)20)15-7-9-19(22)18(21)11-15/h6-13,22H,2-5H2,1H3. The molecule has 22 heavy (non-hydrogen) atoms. The molecule has 3 rings (SSSR count). The summed E-state index contributed by atoms with van der Waals surface area (Å²) in [4.78, 5) is 0. The van der Waals surface area contributed by atoms with Crippen molar-refractivity contribution < 1.29 is 13.9 Å². The molecule has 0 unspecified atom stereocenters. The van der Waals surface area contributed by atoms with Crippen molar-refractivity contribution in [3.8, 4) is 16.9 Å². The average Bonchev–Trinajstić information content (AvgIpc) is 2.51. The number of halogens is 2. The lowest BCUT2D eigenvalue weighted by molar-refractivity contribution is 0.342. The van der Waals surface area contributed by atoms with Gasteiger partial charge in [0.1, 0.15) is 5.82 Å². The van der Waals surface area contributed by atoms with Crippen LogP contribution in [0.1, 0.15) is 44.1 Å². The fourth-order valence-corrected chi connectivity index (χ4v) is 3.30. The first-order valence-corrected chi connectivity index (χ1v) is 7.83. The summed E-state index contributed by atoms with van der Waals surface area (Å²) in [6, 6.07) is 9.25. The van der Waals surface area contributed by atoms with Gasteiger partial charge in [-0.2, -0.15) is 0 Å². The van der Waals surface area contributed by atoms with E-state index in [4.69, 9.17) is 0 Å². The Morgan fingerprint density at radius 1 is 0.864 bits per heavy atom. The number of rotatable bonds is 2. The number of benzene rings is 2. The van der Waals surface area contributed by atoms with E-state index in [1.807, 2.05) is 12.1 Å². The average molecular weight is 302 g/mol. The number of hydrogen-bond donors (Lipinski definition) is 1. The van der Waals surface area contributed by atoms with E-state index in [2.05, 4.69) is 6.92 Å². The Balaban J connectivity index is 1.87. The van der Waals surface area contributed by atoms with Crippen LogP contribution < -0.4 is 0 Å². The highest BCUT2D eigenvalue weighted by Crippen LogP contribution is 2.37. The number of phenols is 1. The molecule has 0 amide bonds. The highest BCUT2D eigenvalue weighted by atomic mass is 19.1. The Kier molecular flexibility index (Phi) is 4.14. The molecule has 1 fully saturated rings. The van der Waals surface area contributed by atoms with Crippen LogP contribution in [-0.4, -0.2) is 5.11 Å². The third-order valence-corrected chi connectivity index (χ3v) is 4.74. The van der Waals surface area contributed by atoms with Crippen LogP contribution in [0.3, 0.4) is 0 Å². The molecule has 3 heteroatoms. The van der Waals surface area contributed by atoms with Crippen LogP contribution in [0.5, 0.6) is 5.75 Å². The highest BCUT2D eigenvalue weighted by molar-refractivity contribution is 5.65. The van der Waals surface area contributed by atoms with Gasteiger partial charge in [0.15, 0.2) is 11.6 Å². The van der Waals surface area contributed by atoms with Gasteiger partial charge in [-0.1, -0.05) is 38.0 Å². The first kappa shape index (κ1) is 15.0.